The van der Waals surface area contributed by atoms with Crippen LogP contribution in [-0.2, 0) is 7.05 Å². The summed E-state index contributed by atoms with van der Waals surface area (Å²) in [6.45, 7) is 4.68. The smallest absolute Gasteiger partial charge is 0.270 e. The molecule has 3 aromatic heterocycles. The third-order valence-electron chi connectivity index (χ3n) is 7.44. The van der Waals surface area contributed by atoms with Gasteiger partial charge < -0.3 is 9.47 Å². The second-order valence-electron chi connectivity index (χ2n) is 9.68. The number of hydrogen-bond acceptors (Lipinski definition) is 4. The highest BCUT2D eigenvalue weighted by molar-refractivity contribution is 5.98. The molecule has 0 aliphatic carbocycles. The number of aromatic nitrogens is 3. The van der Waals surface area contributed by atoms with Crippen molar-refractivity contribution >= 4 is 22.6 Å². The van der Waals surface area contributed by atoms with Gasteiger partial charge in [0.25, 0.3) is 11.5 Å². The molecule has 186 valence electrons. The molecular weight excluding hydrogens is 462 g/mol. The molecule has 0 saturated carbocycles. The number of hydrogen-bond donors (Lipinski definition) is 0. The van der Waals surface area contributed by atoms with Crippen molar-refractivity contribution in [2.75, 3.05) is 26.2 Å². The molecule has 2 aromatic carbocycles. The van der Waals surface area contributed by atoms with E-state index in [0.717, 1.165) is 18.7 Å². The SMILES string of the molecule is Cc1cccn2c(=O)c3cc(C(=O)N4CCN(C(c5ccccc5)c5ccccc5)CC4)n(C)c3nc12. The molecule has 1 fully saturated rings. The number of nitrogens with zero attached hydrogens (tertiary/aromatic N) is 5. The minimum atomic E-state index is -0.156. The van der Waals surface area contributed by atoms with Crippen LogP contribution in [0.25, 0.3) is 16.7 Å². The lowest BCUT2D eigenvalue weighted by atomic mass is 9.96. The topological polar surface area (TPSA) is 62.9 Å². The first-order valence-electron chi connectivity index (χ1n) is 12.6. The van der Waals surface area contributed by atoms with Gasteiger partial charge in [-0.05, 0) is 35.7 Å². The molecule has 0 unspecified atom stereocenters. The normalized spacial score (nSPS) is 14.6. The summed E-state index contributed by atoms with van der Waals surface area (Å²) in [6, 6.07) is 26.7. The Kier molecular flexibility index (Phi) is 5.85. The average molecular weight is 492 g/mol. The Labute approximate surface area is 215 Å². The number of rotatable bonds is 4. The van der Waals surface area contributed by atoms with E-state index in [1.165, 1.54) is 11.1 Å². The maximum absolute atomic E-state index is 13.6. The predicted molar refractivity (Wildman–Crippen MR) is 145 cm³/mol. The van der Waals surface area contributed by atoms with E-state index in [-0.39, 0.29) is 17.5 Å². The van der Waals surface area contributed by atoms with Gasteiger partial charge in [-0.15, -0.1) is 0 Å². The maximum atomic E-state index is 13.6. The molecule has 37 heavy (non-hydrogen) atoms. The number of amides is 1. The summed E-state index contributed by atoms with van der Waals surface area (Å²) in [6.07, 6.45) is 1.72. The van der Waals surface area contributed by atoms with E-state index >= 15 is 0 Å². The molecule has 4 heterocycles. The molecule has 1 amide bonds. The van der Waals surface area contributed by atoms with E-state index in [1.54, 1.807) is 21.2 Å². The lowest BCUT2D eigenvalue weighted by Crippen LogP contribution is -2.50. The van der Waals surface area contributed by atoms with Gasteiger partial charge in [-0.3, -0.25) is 18.9 Å². The molecule has 0 N–H and O–H groups in total. The van der Waals surface area contributed by atoms with Crippen LogP contribution in [0, 0.1) is 6.92 Å². The summed E-state index contributed by atoms with van der Waals surface area (Å²) in [7, 11) is 1.81. The first-order chi connectivity index (χ1) is 18.0. The molecule has 1 aliphatic heterocycles. The number of piperazine rings is 1. The molecular formula is C30H29N5O2. The van der Waals surface area contributed by atoms with Crippen molar-refractivity contribution in [3.63, 3.8) is 0 Å². The second kappa shape index (κ2) is 9.33. The summed E-state index contributed by atoms with van der Waals surface area (Å²) in [5.41, 5.74) is 4.89. The van der Waals surface area contributed by atoms with Gasteiger partial charge in [0, 0.05) is 39.4 Å². The number of carbonyl (C=O) groups is 1. The van der Waals surface area contributed by atoms with E-state index in [9.17, 15) is 9.59 Å². The number of carbonyl (C=O) groups excluding carboxylic acids is 1. The quantitative estimate of drug-likeness (QED) is 0.381. The molecule has 5 aromatic rings. The zero-order chi connectivity index (χ0) is 25.5. The monoisotopic (exact) mass is 491 g/mol. The third-order valence-corrected chi connectivity index (χ3v) is 7.44. The molecule has 7 heteroatoms. The summed E-state index contributed by atoms with van der Waals surface area (Å²) in [4.78, 5) is 35.9. The van der Waals surface area contributed by atoms with Crippen molar-refractivity contribution in [1.29, 1.82) is 0 Å². The first-order valence-corrected chi connectivity index (χ1v) is 12.6. The van der Waals surface area contributed by atoms with Gasteiger partial charge in [0.1, 0.15) is 17.0 Å². The number of aryl methyl sites for hydroxylation is 2. The highest BCUT2D eigenvalue weighted by atomic mass is 16.2. The van der Waals surface area contributed by atoms with Gasteiger partial charge in [0.05, 0.1) is 11.4 Å². The van der Waals surface area contributed by atoms with Gasteiger partial charge in [0.2, 0.25) is 0 Å². The zero-order valence-corrected chi connectivity index (χ0v) is 21.0. The molecule has 1 saturated heterocycles. The Bertz CT molecular complexity index is 1610. The molecule has 1 aliphatic rings. The van der Waals surface area contributed by atoms with E-state index in [0.29, 0.717) is 35.5 Å². The highest BCUT2D eigenvalue weighted by Gasteiger charge is 2.30. The molecule has 0 radical (unpaired) electrons. The van der Waals surface area contributed by atoms with E-state index in [1.807, 2.05) is 43.1 Å². The number of benzene rings is 2. The summed E-state index contributed by atoms with van der Waals surface area (Å²) < 4.78 is 3.31. The zero-order valence-electron chi connectivity index (χ0n) is 21.0. The fraction of sp³-hybridized carbons (Fsp3) is 0.233. The Morgan fingerprint density at radius 2 is 1.46 bits per heavy atom. The van der Waals surface area contributed by atoms with Crippen molar-refractivity contribution < 1.29 is 4.79 Å². The molecule has 0 spiro atoms. The van der Waals surface area contributed by atoms with Crippen LogP contribution in [0.2, 0.25) is 0 Å². The van der Waals surface area contributed by atoms with Crippen molar-refractivity contribution in [2.24, 2.45) is 7.05 Å². The third kappa shape index (κ3) is 4.01. The Morgan fingerprint density at radius 1 is 0.838 bits per heavy atom. The van der Waals surface area contributed by atoms with Gasteiger partial charge in [0.15, 0.2) is 0 Å². The van der Waals surface area contributed by atoms with Gasteiger partial charge in [-0.25, -0.2) is 4.98 Å². The van der Waals surface area contributed by atoms with Crippen LogP contribution >= 0.6 is 0 Å². The molecule has 0 atom stereocenters. The predicted octanol–water partition coefficient (Wildman–Crippen LogP) is 4.04. The average Bonchev–Trinajstić information content (AvgIpc) is 3.27. The van der Waals surface area contributed by atoms with Crippen molar-refractivity contribution in [1.82, 2.24) is 23.8 Å². The number of pyridine rings is 1. The fourth-order valence-corrected chi connectivity index (χ4v) is 5.47. The largest absolute Gasteiger partial charge is 0.335 e. The maximum Gasteiger partial charge on any atom is 0.270 e. The Balaban J connectivity index is 1.28. The van der Waals surface area contributed by atoms with Crippen LogP contribution in [0.1, 0.15) is 33.2 Å². The van der Waals surface area contributed by atoms with Crippen LogP contribution in [0.4, 0.5) is 0 Å². The Hall–Kier alpha value is -4.23. The van der Waals surface area contributed by atoms with Crippen molar-refractivity contribution in [3.05, 3.63) is 118 Å². The minimum absolute atomic E-state index is 0.0682. The van der Waals surface area contributed by atoms with E-state index < -0.39 is 0 Å². The summed E-state index contributed by atoms with van der Waals surface area (Å²) in [5, 5.41) is 0.459. The van der Waals surface area contributed by atoms with Gasteiger partial charge in [-0.1, -0.05) is 66.7 Å². The molecule has 0 bridgehead atoms. The van der Waals surface area contributed by atoms with Crippen LogP contribution < -0.4 is 5.56 Å². The van der Waals surface area contributed by atoms with Gasteiger partial charge in [-0.2, -0.15) is 0 Å². The lowest BCUT2D eigenvalue weighted by molar-refractivity contribution is 0.0589. The highest BCUT2D eigenvalue weighted by Crippen LogP contribution is 2.30. The van der Waals surface area contributed by atoms with E-state index in [2.05, 4.69) is 53.4 Å². The van der Waals surface area contributed by atoms with Crippen LogP contribution in [-0.4, -0.2) is 55.8 Å². The summed E-state index contributed by atoms with van der Waals surface area (Å²) >= 11 is 0. The standard InChI is InChI=1S/C30H29N5O2/c1-21-10-9-15-35-27(21)31-28-24(29(35)36)20-25(32(28)2)30(37)34-18-16-33(17-19-34)26(22-11-5-3-6-12-22)23-13-7-4-8-14-23/h3-15,20,26H,16-19H2,1-2H3. The van der Waals surface area contributed by atoms with Crippen LogP contribution in [0.3, 0.4) is 0 Å². The second-order valence-corrected chi connectivity index (χ2v) is 9.68. The van der Waals surface area contributed by atoms with Crippen LogP contribution in [0.15, 0.2) is 89.9 Å². The first kappa shape index (κ1) is 23.2. The molecule has 7 nitrogen and oxygen atoms in total. The fourth-order valence-electron chi connectivity index (χ4n) is 5.47. The van der Waals surface area contributed by atoms with Gasteiger partial charge >= 0.3 is 0 Å². The molecule has 6 rings (SSSR count). The van der Waals surface area contributed by atoms with Crippen molar-refractivity contribution in [2.45, 2.75) is 13.0 Å². The minimum Gasteiger partial charge on any atom is -0.335 e. The van der Waals surface area contributed by atoms with E-state index in [4.69, 9.17) is 4.98 Å². The number of fused-ring (bicyclic) bond motifs is 2. The summed E-state index contributed by atoms with van der Waals surface area (Å²) in [5.74, 6) is -0.0682. The van der Waals surface area contributed by atoms with Crippen molar-refractivity contribution in [3.8, 4) is 0 Å². The van der Waals surface area contributed by atoms with Crippen LogP contribution in [0.5, 0.6) is 0 Å². The Morgan fingerprint density at radius 3 is 2.08 bits per heavy atom. The lowest BCUT2D eigenvalue weighted by Gasteiger charge is -2.39.